The van der Waals surface area contributed by atoms with Crippen molar-refractivity contribution in [3.8, 4) is 11.5 Å². The molecule has 0 saturated carbocycles. The molecule has 0 rings (SSSR count). The predicted molar refractivity (Wildman–Crippen MR) is 55.2 cm³/mol. The average molecular weight is 168 g/mol. The summed E-state index contributed by atoms with van der Waals surface area (Å²) in [6, 6.07) is 0. The Morgan fingerprint density at radius 2 is 1.64 bits per heavy atom. The topological polar surface area (TPSA) is 0 Å². The molecule has 0 radical (unpaired) electrons. The van der Waals surface area contributed by atoms with Crippen molar-refractivity contribution >= 4 is 8.07 Å². The minimum absolute atomic E-state index is 0.223. The molecule has 0 saturated heterocycles. The first-order valence-corrected chi connectivity index (χ1v) is 7.81. The minimum Gasteiger partial charge on any atom is -0.131 e. The standard InChI is InChI=1S/C10H20Si/c1-7-10(2,3)8-9-11(4,5)6/h7H2,1-6H3. The first kappa shape index (κ1) is 10.8. The highest BCUT2D eigenvalue weighted by atomic mass is 28.3. The van der Waals surface area contributed by atoms with E-state index in [1.165, 1.54) is 0 Å². The minimum atomic E-state index is -1.14. The summed E-state index contributed by atoms with van der Waals surface area (Å²) >= 11 is 0. The van der Waals surface area contributed by atoms with Crippen LogP contribution in [0.1, 0.15) is 27.2 Å². The highest BCUT2D eigenvalue weighted by molar-refractivity contribution is 6.83. The van der Waals surface area contributed by atoms with Crippen LogP contribution in [0.4, 0.5) is 0 Å². The van der Waals surface area contributed by atoms with E-state index in [-0.39, 0.29) is 5.41 Å². The Labute approximate surface area is 72.4 Å². The van der Waals surface area contributed by atoms with Crippen LogP contribution in [0.2, 0.25) is 19.6 Å². The van der Waals surface area contributed by atoms with E-state index in [9.17, 15) is 0 Å². The number of hydrogen-bond donors (Lipinski definition) is 0. The molecule has 0 bridgehead atoms. The van der Waals surface area contributed by atoms with E-state index in [1.54, 1.807) is 0 Å². The second-order valence-corrected chi connectivity index (χ2v) is 9.49. The van der Waals surface area contributed by atoms with E-state index < -0.39 is 8.07 Å². The Morgan fingerprint density at radius 1 is 1.18 bits per heavy atom. The first-order chi connectivity index (χ1) is 4.77. The van der Waals surface area contributed by atoms with Crippen molar-refractivity contribution in [1.29, 1.82) is 0 Å². The van der Waals surface area contributed by atoms with Gasteiger partial charge in [-0.1, -0.05) is 26.6 Å². The Hall–Kier alpha value is -0.223. The first-order valence-electron chi connectivity index (χ1n) is 4.31. The lowest BCUT2D eigenvalue weighted by Gasteiger charge is -2.15. The van der Waals surface area contributed by atoms with Crippen molar-refractivity contribution < 1.29 is 0 Å². The Morgan fingerprint density at radius 3 is 1.91 bits per heavy atom. The monoisotopic (exact) mass is 168 g/mol. The normalized spacial score (nSPS) is 12.2. The molecule has 0 aromatic heterocycles. The van der Waals surface area contributed by atoms with Gasteiger partial charge in [-0.15, -0.1) is 11.5 Å². The van der Waals surface area contributed by atoms with Gasteiger partial charge >= 0.3 is 0 Å². The fourth-order valence-corrected chi connectivity index (χ4v) is 1.16. The summed E-state index contributed by atoms with van der Waals surface area (Å²) in [6.07, 6.45) is 1.14. The van der Waals surface area contributed by atoms with Crippen LogP contribution in [0.25, 0.3) is 0 Å². The summed E-state index contributed by atoms with van der Waals surface area (Å²) < 4.78 is 0. The van der Waals surface area contributed by atoms with Gasteiger partial charge in [-0.2, -0.15) is 0 Å². The van der Waals surface area contributed by atoms with Crippen LogP contribution in [-0.4, -0.2) is 8.07 Å². The van der Waals surface area contributed by atoms with Crippen LogP contribution >= 0.6 is 0 Å². The molecule has 0 unspecified atom stereocenters. The molecule has 0 aliphatic heterocycles. The molecule has 0 aromatic rings. The molecular formula is C10H20Si. The zero-order chi connectivity index (χ0) is 9.12. The maximum Gasteiger partial charge on any atom is 0.129 e. The van der Waals surface area contributed by atoms with Crippen LogP contribution in [0.5, 0.6) is 0 Å². The lowest BCUT2D eigenvalue weighted by molar-refractivity contribution is 0.485. The van der Waals surface area contributed by atoms with Crippen LogP contribution in [0.3, 0.4) is 0 Å². The zero-order valence-electron chi connectivity index (χ0n) is 8.71. The molecule has 0 heterocycles. The van der Waals surface area contributed by atoms with Gasteiger partial charge in [0.05, 0.1) is 0 Å². The molecule has 1 heteroatoms. The largest absolute Gasteiger partial charge is 0.131 e. The summed E-state index contributed by atoms with van der Waals surface area (Å²) in [7, 11) is -1.14. The second kappa shape index (κ2) is 3.45. The van der Waals surface area contributed by atoms with Gasteiger partial charge in [0.1, 0.15) is 8.07 Å². The summed E-state index contributed by atoms with van der Waals surface area (Å²) in [5, 5.41) is 0. The summed E-state index contributed by atoms with van der Waals surface area (Å²) in [5.74, 6) is 3.36. The highest BCUT2D eigenvalue weighted by Gasteiger charge is 2.13. The predicted octanol–water partition coefficient (Wildman–Crippen LogP) is 3.30. The van der Waals surface area contributed by atoms with E-state index in [2.05, 4.69) is 51.9 Å². The fraction of sp³-hybridized carbons (Fsp3) is 0.800. The van der Waals surface area contributed by atoms with Crippen LogP contribution in [0.15, 0.2) is 0 Å². The van der Waals surface area contributed by atoms with Crippen molar-refractivity contribution in [2.75, 3.05) is 0 Å². The number of hydrogen-bond acceptors (Lipinski definition) is 0. The molecule has 0 atom stereocenters. The third kappa shape index (κ3) is 6.19. The molecule has 11 heavy (non-hydrogen) atoms. The molecular weight excluding hydrogens is 148 g/mol. The molecule has 0 amide bonds. The molecule has 0 spiro atoms. The van der Waals surface area contributed by atoms with Gasteiger partial charge in [-0.3, -0.25) is 0 Å². The van der Waals surface area contributed by atoms with Gasteiger partial charge in [0, 0.05) is 5.41 Å². The van der Waals surface area contributed by atoms with Gasteiger partial charge in [0.2, 0.25) is 0 Å². The second-order valence-electron chi connectivity index (χ2n) is 4.74. The van der Waals surface area contributed by atoms with E-state index in [1.807, 2.05) is 0 Å². The Kier molecular flexibility index (Phi) is 3.38. The molecule has 0 aliphatic rings. The molecule has 64 valence electrons. The van der Waals surface area contributed by atoms with Crippen LogP contribution in [-0.2, 0) is 0 Å². The van der Waals surface area contributed by atoms with Crippen LogP contribution in [0, 0.1) is 16.9 Å². The molecule has 0 aliphatic carbocycles. The van der Waals surface area contributed by atoms with Gasteiger partial charge in [0.25, 0.3) is 0 Å². The third-order valence-corrected chi connectivity index (χ3v) is 2.53. The lowest BCUT2D eigenvalue weighted by Crippen LogP contribution is -2.18. The zero-order valence-corrected chi connectivity index (χ0v) is 9.71. The SMILES string of the molecule is CCC(C)(C)C#C[Si](C)(C)C. The molecule has 0 N–H and O–H groups in total. The Bertz CT molecular complexity index is 173. The van der Waals surface area contributed by atoms with Crippen LogP contribution < -0.4 is 0 Å². The number of rotatable bonds is 1. The van der Waals surface area contributed by atoms with Gasteiger partial charge in [-0.05, 0) is 20.3 Å². The summed E-state index contributed by atoms with van der Waals surface area (Å²) in [5.41, 5.74) is 3.62. The van der Waals surface area contributed by atoms with Crippen molar-refractivity contribution in [3.63, 3.8) is 0 Å². The van der Waals surface area contributed by atoms with Crippen molar-refractivity contribution in [2.45, 2.75) is 46.8 Å². The Balaban J connectivity index is 4.29. The van der Waals surface area contributed by atoms with E-state index in [0.717, 1.165) is 6.42 Å². The highest BCUT2D eigenvalue weighted by Crippen LogP contribution is 2.17. The summed E-state index contributed by atoms with van der Waals surface area (Å²) in [6.45, 7) is 13.5. The van der Waals surface area contributed by atoms with Gasteiger partial charge in [-0.25, -0.2) is 0 Å². The third-order valence-electron chi connectivity index (χ3n) is 1.66. The van der Waals surface area contributed by atoms with Crippen molar-refractivity contribution in [2.24, 2.45) is 5.41 Å². The van der Waals surface area contributed by atoms with Gasteiger partial charge in [0.15, 0.2) is 0 Å². The van der Waals surface area contributed by atoms with E-state index >= 15 is 0 Å². The fourth-order valence-electron chi connectivity index (χ4n) is 0.445. The lowest BCUT2D eigenvalue weighted by atomic mass is 9.92. The molecule has 0 aromatic carbocycles. The maximum atomic E-state index is 3.40. The van der Waals surface area contributed by atoms with E-state index in [0.29, 0.717) is 0 Å². The average Bonchev–Trinajstić information content (AvgIpc) is 1.83. The maximum absolute atomic E-state index is 3.40. The van der Waals surface area contributed by atoms with Crippen molar-refractivity contribution in [3.05, 3.63) is 0 Å². The summed E-state index contributed by atoms with van der Waals surface area (Å²) in [4.78, 5) is 0. The van der Waals surface area contributed by atoms with Crippen molar-refractivity contribution in [1.82, 2.24) is 0 Å². The molecule has 0 nitrogen and oxygen atoms in total. The van der Waals surface area contributed by atoms with Gasteiger partial charge < -0.3 is 0 Å². The smallest absolute Gasteiger partial charge is 0.129 e. The quantitative estimate of drug-likeness (QED) is 0.416. The van der Waals surface area contributed by atoms with E-state index in [4.69, 9.17) is 0 Å². The molecule has 0 fully saturated rings.